The van der Waals surface area contributed by atoms with E-state index in [1.165, 1.54) is 29.2 Å². The Morgan fingerprint density at radius 3 is 2.62 bits per heavy atom. The third-order valence-electron chi connectivity index (χ3n) is 5.37. The fourth-order valence-corrected chi connectivity index (χ4v) is 4.60. The van der Waals surface area contributed by atoms with Crippen LogP contribution in [0.15, 0.2) is 48.5 Å². The van der Waals surface area contributed by atoms with E-state index in [4.69, 9.17) is 0 Å². The first-order valence-electron chi connectivity index (χ1n) is 10.2. The van der Waals surface area contributed by atoms with E-state index in [1.54, 1.807) is 12.1 Å². The largest absolute Gasteiger partial charge is 0.325 e. The average molecular weight is 416 g/mol. The van der Waals surface area contributed by atoms with E-state index >= 15 is 0 Å². The van der Waals surface area contributed by atoms with Crippen molar-refractivity contribution >= 4 is 23.4 Å². The molecule has 2 aromatic rings. The van der Waals surface area contributed by atoms with Crippen molar-refractivity contribution in [2.24, 2.45) is 0 Å². The molecule has 0 aliphatic carbocycles. The van der Waals surface area contributed by atoms with Crippen LogP contribution in [0.3, 0.4) is 0 Å². The summed E-state index contributed by atoms with van der Waals surface area (Å²) in [6.45, 7) is 8.27. The molecule has 1 atom stereocenters. The van der Waals surface area contributed by atoms with Gasteiger partial charge in [0.2, 0.25) is 5.91 Å². The summed E-state index contributed by atoms with van der Waals surface area (Å²) in [6, 6.07) is 14.7. The Balaban J connectivity index is 1.57. The summed E-state index contributed by atoms with van der Waals surface area (Å²) in [6.07, 6.45) is 0. The van der Waals surface area contributed by atoms with Crippen molar-refractivity contribution in [3.63, 3.8) is 0 Å². The first-order chi connectivity index (χ1) is 14.0. The maximum absolute atomic E-state index is 13.2. The molecule has 0 spiro atoms. The molecular weight excluding hydrogens is 385 g/mol. The zero-order valence-corrected chi connectivity index (χ0v) is 18.1. The predicted molar refractivity (Wildman–Crippen MR) is 120 cm³/mol. The number of anilines is 1. The topological polar surface area (TPSA) is 35.6 Å². The lowest BCUT2D eigenvalue weighted by Crippen LogP contribution is -2.35. The minimum Gasteiger partial charge on any atom is -0.325 e. The van der Waals surface area contributed by atoms with Crippen molar-refractivity contribution < 1.29 is 9.18 Å². The number of carbonyl (C=O) groups excluding carboxylic acids is 1. The van der Waals surface area contributed by atoms with Crippen molar-refractivity contribution in [3.05, 3.63) is 65.5 Å². The number of nitrogens with zero attached hydrogens (tertiary/aromatic N) is 2. The van der Waals surface area contributed by atoms with Crippen LogP contribution in [0.1, 0.15) is 31.0 Å². The van der Waals surface area contributed by atoms with E-state index in [2.05, 4.69) is 27.2 Å². The molecule has 2 aromatic carbocycles. The molecule has 6 heteroatoms. The summed E-state index contributed by atoms with van der Waals surface area (Å²) < 4.78 is 13.2. The van der Waals surface area contributed by atoms with Crippen LogP contribution < -0.4 is 5.32 Å². The summed E-state index contributed by atoms with van der Waals surface area (Å²) in [5.41, 5.74) is 3.06. The quantitative estimate of drug-likeness (QED) is 0.693. The summed E-state index contributed by atoms with van der Waals surface area (Å²) >= 11 is 2.01. The number of benzene rings is 2. The number of thioether (sulfide) groups is 1. The van der Waals surface area contributed by atoms with Crippen LogP contribution in [0.25, 0.3) is 0 Å². The molecule has 0 saturated carbocycles. The van der Waals surface area contributed by atoms with Gasteiger partial charge in [-0.15, -0.1) is 0 Å². The highest BCUT2D eigenvalue weighted by Crippen LogP contribution is 2.21. The van der Waals surface area contributed by atoms with Gasteiger partial charge < -0.3 is 5.32 Å². The fraction of sp³-hybridized carbons (Fsp3) is 0.435. The van der Waals surface area contributed by atoms with Gasteiger partial charge in [0.25, 0.3) is 0 Å². The molecule has 1 aliphatic rings. The summed E-state index contributed by atoms with van der Waals surface area (Å²) in [7, 11) is 0. The number of amides is 1. The molecule has 29 heavy (non-hydrogen) atoms. The van der Waals surface area contributed by atoms with Crippen LogP contribution in [-0.4, -0.2) is 53.4 Å². The summed E-state index contributed by atoms with van der Waals surface area (Å²) in [5, 5.41) is 3.04. The van der Waals surface area contributed by atoms with E-state index in [9.17, 15) is 9.18 Å². The van der Waals surface area contributed by atoms with Crippen molar-refractivity contribution in [1.29, 1.82) is 0 Å². The van der Waals surface area contributed by atoms with Gasteiger partial charge in [-0.05, 0) is 48.9 Å². The normalized spacial score (nSPS) is 16.0. The van der Waals surface area contributed by atoms with Crippen molar-refractivity contribution in [2.45, 2.75) is 26.4 Å². The molecule has 1 aliphatic heterocycles. The third-order valence-corrected chi connectivity index (χ3v) is 6.32. The molecule has 1 N–H and O–H groups in total. The zero-order chi connectivity index (χ0) is 20.6. The molecule has 3 rings (SSSR count). The predicted octanol–water partition coefficient (Wildman–Crippen LogP) is 4.40. The Morgan fingerprint density at radius 2 is 1.93 bits per heavy atom. The zero-order valence-electron chi connectivity index (χ0n) is 17.2. The Kier molecular flexibility index (Phi) is 8.09. The maximum Gasteiger partial charge on any atom is 0.238 e. The third kappa shape index (κ3) is 6.56. The highest BCUT2D eigenvalue weighted by atomic mass is 32.2. The maximum atomic E-state index is 13.2. The van der Waals surface area contributed by atoms with Crippen molar-refractivity contribution in [2.75, 3.05) is 43.0 Å². The molecule has 0 aromatic heterocycles. The van der Waals surface area contributed by atoms with Crippen molar-refractivity contribution in [3.8, 4) is 0 Å². The Hall–Kier alpha value is -1.89. The van der Waals surface area contributed by atoms with Gasteiger partial charge in [0.15, 0.2) is 0 Å². The number of halogens is 1. The lowest BCUT2D eigenvalue weighted by molar-refractivity contribution is -0.117. The molecule has 4 nitrogen and oxygen atoms in total. The lowest BCUT2D eigenvalue weighted by atomic mass is 10.1. The van der Waals surface area contributed by atoms with Crippen LogP contribution in [0.2, 0.25) is 0 Å². The summed E-state index contributed by atoms with van der Waals surface area (Å²) in [4.78, 5) is 17.2. The van der Waals surface area contributed by atoms with Gasteiger partial charge in [-0.25, -0.2) is 4.39 Å². The fourth-order valence-electron chi connectivity index (χ4n) is 3.62. The first kappa shape index (κ1) is 21.8. The van der Waals surface area contributed by atoms with Gasteiger partial charge in [0.05, 0.1) is 6.54 Å². The monoisotopic (exact) mass is 415 g/mol. The molecular formula is C23H30FN3OS. The molecule has 1 heterocycles. The smallest absolute Gasteiger partial charge is 0.238 e. The SMILES string of the molecule is CCN(CC(=O)Nc1cccc(CN2CCSCC2)c1)C(C)c1ccc(F)cc1. The Bertz CT molecular complexity index is 793. The molecule has 1 amide bonds. The highest BCUT2D eigenvalue weighted by molar-refractivity contribution is 7.99. The summed E-state index contributed by atoms with van der Waals surface area (Å²) in [5.74, 6) is 2.10. The van der Waals surface area contributed by atoms with E-state index in [0.717, 1.165) is 37.4 Å². The highest BCUT2D eigenvalue weighted by Gasteiger charge is 2.18. The molecule has 1 unspecified atom stereocenters. The number of carbonyl (C=O) groups is 1. The van der Waals surface area contributed by atoms with E-state index in [1.807, 2.05) is 37.7 Å². The van der Waals surface area contributed by atoms with Crippen LogP contribution in [0.4, 0.5) is 10.1 Å². The second kappa shape index (κ2) is 10.8. The second-order valence-electron chi connectivity index (χ2n) is 7.43. The molecule has 156 valence electrons. The van der Waals surface area contributed by atoms with Gasteiger partial charge in [0.1, 0.15) is 5.82 Å². The number of hydrogen-bond donors (Lipinski definition) is 1. The number of nitrogens with one attached hydrogen (secondary N) is 1. The molecule has 1 saturated heterocycles. The van der Waals surface area contributed by atoms with E-state index in [0.29, 0.717) is 6.54 Å². The van der Waals surface area contributed by atoms with Crippen LogP contribution in [0, 0.1) is 5.82 Å². The van der Waals surface area contributed by atoms with E-state index < -0.39 is 0 Å². The Morgan fingerprint density at radius 1 is 1.21 bits per heavy atom. The number of rotatable bonds is 8. The minimum atomic E-state index is -0.245. The Labute approximate surface area is 177 Å². The second-order valence-corrected chi connectivity index (χ2v) is 8.65. The van der Waals surface area contributed by atoms with Gasteiger partial charge in [-0.3, -0.25) is 14.6 Å². The standard InChI is InChI=1S/C23H30FN3OS/c1-3-27(18(2)20-7-9-21(24)10-8-20)17-23(28)25-22-6-4-5-19(15-22)16-26-11-13-29-14-12-26/h4-10,15,18H,3,11-14,16-17H2,1-2H3,(H,25,28). The lowest BCUT2D eigenvalue weighted by Gasteiger charge is -2.28. The van der Waals surface area contributed by atoms with Crippen molar-refractivity contribution in [1.82, 2.24) is 9.80 Å². The molecule has 0 bridgehead atoms. The van der Waals surface area contributed by atoms with Crippen LogP contribution >= 0.6 is 11.8 Å². The van der Waals surface area contributed by atoms with Gasteiger partial charge >= 0.3 is 0 Å². The van der Waals surface area contributed by atoms with Gasteiger partial charge in [-0.2, -0.15) is 11.8 Å². The first-order valence-corrected chi connectivity index (χ1v) is 11.4. The van der Waals surface area contributed by atoms with Gasteiger partial charge in [-0.1, -0.05) is 31.2 Å². The number of likely N-dealkylation sites (N-methyl/N-ethyl adjacent to an activating group) is 1. The van der Waals surface area contributed by atoms with Crippen LogP contribution in [0.5, 0.6) is 0 Å². The minimum absolute atomic E-state index is 0.0349. The van der Waals surface area contributed by atoms with Crippen LogP contribution in [-0.2, 0) is 11.3 Å². The number of hydrogen-bond acceptors (Lipinski definition) is 4. The van der Waals surface area contributed by atoms with Gasteiger partial charge in [0, 0.05) is 42.9 Å². The van der Waals surface area contributed by atoms with E-state index in [-0.39, 0.29) is 17.8 Å². The average Bonchev–Trinajstić information content (AvgIpc) is 2.73. The molecule has 0 radical (unpaired) electrons. The molecule has 1 fully saturated rings.